The zero-order valence-electron chi connectivity index (χ0n) is 11.0. The molecule has 0 aromatic heterocycles. The summed E-state index contributed by atoms with van der Waals surface area (Å²) < 4.78 is 4.89. The van der Waals surface area contributed by atoms with E-state index in [-0.39, 0.29) is 5.91 Å². The summed E-state index contributed by atoms with van der Waals surface area (Å²) >= 11 is 0. The molecule has 0 radical (unpaired) electrons. The number of methoxy groups -OCH3 is 1. The van der Waals surface area contributed by atoms with Gasteiger partial charge in [-0.3, -0.25) is 4.79 Å². The van der Waals surface area contributed by atoms with Gasteiger partial charge in [0.25, 0.3) is 0 Å². The number of likely N-dealkylation sites (tertiary alicyclic amines) is 1. The average molecular weight is 243 g/mol. The van der Waals surface area contributed by atoms with Gasteiger partial charge in [-0.25, -0.2) is 0 Å². The van der Waals surface area contributed by atoms with Crippen LogP contribution in [0.25, 0.3) is 0 Å². The molecule has 0 aromatic carbocycles. The average Bonchev–Trinajstić information content (AvgIpc) is 2.32. The summed E-state index contributed by atoms with van der Waals surface area (Å²) in [5, 5.41) is 6.02. The monoisotopic (exact) mass is 243 g/mol. The van der Waals surface area contributed by atoms with Crippen molar-refractivity contribution in [2.45, 2.75) is 12.8 Å². The molecule has 0 aliphatic carbocycles. The molecule has 0 bridgehead atoms. The molecule has 0 spiro atoms. The summed E-state index contributed by atoms with van der Waals surface area (Å²) in [5.41, 5.74) is 0. The molecule has 0 aromatic rings. The molecule has 1 atom stereocenters. The third-order valence-electron chi connectivity index (χ3n) is 3.08. The van der Waals surface area contributed by atoms with Gasteiger partial charge in [-0.1, -0.05) is 0 Å². The number of amides is 1. The van der Waals surface area contributed by atoms with Crippen molar-refractivity contribution in [2.24, 2.45) is 5.92 Å². The Labute approximate surface area is 104 Å². The number of piperidine rings is 1. The number of carbonyl (C=O) groups is 1. The van der Waals surface area contributed by atoms with Crippen LogP contribution in [-0.2, 0) is 9.53 Å². The zero-order valence-corrected chi connectivity index (χ0v) is 11.0. The lowest BCUT2D eigenvalue weighted by Gasteiger charge is -2.29. The van der Waals surface area contributed by atoms with Crippen molar-refractivity contribution in [3.8, 4) is 0 Å². The van der Waals surface area contributed by atoms with Crippen LogP contribution in [0.4, 0.5) is 0 Å². The second kappa shape index (κ2) is 8.44. The van der Waals surface area contributed by atoms with Gasteiger partial charge in [-0.15, -0.1) is 0 Å². The Morgan fingerprint density at radius 1 is 1.53 bits per heavy atom. The summed E-state index contributed by atoms with van der Waals surface area (Å²) in [5.74, 6) is 0.686. The fraction of sp³-hybridized carbons (Fsp3) is 0.917. The van der Waals surface area contributed by atoms with Crippen molar-refractivity contribution >= 4 is 5.91 Å². The molecule has 1 aliphatic heterocycles. The van der Waals surface area contributed by atoms with Gasteiger partial charge >= 0.3 is 0 Å². The minimum atomic E-state index is 0.0781. The summed E-state index contributed by atoms with van der Waals surface area (Å²) in [6.07, 6.45) is 2.46. The smallest absolute Gasteiger partial charge is 0.233 e. The molecule has 5 nitrogen and oxygen atoms in total. The van der Waals surface area contributed by atoms with Gasteiger partial charge in [-0.2, -0.15) is 0 Å². The highest BCUT2D eigenvalue weighted by Crippen LogP contribution is 2.13. The van der Waals surface area contributed by atoms with Crippen LogP contribution in [0.2, 0.25) is 0 Å². The molecule has 5 heteroatoms. The molecule has 1 saturated heterocycles. The van der Waals surface area contributed by atoms with Crippen molar-refractivity contribution < 1.29 is 9.53 Å². The summed E-state index contributed by atoms with van der Waals surface area (Å²) in [7, 11) is 3.79. The quantitative estimate of drug-likeness (QED) is 0.602. The number of ether oxygens (including phenoxy) is 1. The van der Waals surface area contributed by atoms with Gasteiger partial charge in [-0.05, 0) is 32.4 Å². The maximum absolute atomic E-state index is 11.5. The molecule has 2 N–H and O–H groups in total. The molecule has 1 fully saturated rings. The summed E-state index contributed by atoms with van der Waals surface area (Å²) in [4.78, 5) is 13.8. The standard InChI is InChI=1S/C12H25N3O2/c1-15-6-3-4-11(10-15)8-14-12(16)9-13-5-7-17-2/h11,13H,3-10H2,1-2H3,(H,14,16). The second-order valence-electron chi connectivity index (χ2n) is 4.74. The van der Waals surface area contributed by atoms with Gasteiger partial charge in [0.15, 0.2) is 0 Å². The Morgan fingerprint density at radius 2 is 2.35 bits per heavy atom. The molecule has 1 aliphatic rings. The number of rotatable bonds is 7. The second-order valence-corrected chi connectivity index (χ2v) is 4.74. The maximum Gasteiger partial charge on any atom is 0.233 e. The number of nitrogens with zero attached hydrogens (tertiary/aromatic N) is 1. The van der Waals surface area contributed by atoms with Crippen LogP contribution in [0, 0.1) is 5.92 Å². The van der Waals surface area contributed by atoms with Crippen molar-refractivity contribution in [1.82, 2.24) is 15.5 Å². The molecule has 100 valence electrons. The first-order valence-corrected chi connectivity index (χ1v) is 6.37. The number of hydrogen-bond acceptors (Lipinski definition) is 4. The van der Waals surface area contributed by atoms with Gasteiger partial charge in [0, 0.05) is 26.7 Å². The van der Waals surface area contributed by atoms with E-state index in [9.17, 15) is 4.79 Å². The molecule has 0 saturated carbocycles. The highest BCUT2D eigenvalue weighted by Gasteiger charge is 2.17. The van der Waals surface area contributed by atoms with Crippen LogP contribution in [0.5, 0.6) is 0 Å². The lowest BCUT2D eigenvalue weighted by Crippen LogP contribution is -2.41. The van der Waals surface area contributed by atoms with E-state index in [4.69, 9.17) is 4.74 Å². The topological polar surface area (TPSA) is 53.6 Å². The number of nitrogens with one attached hydrogen (secondary N) is 2. The fourth-order valence-electron chi connectivity index (χ4n) is 2.14. The third-order valence-corrected chi connectivity index (χ3v) is 3.08. The first kappa shape index (κ1) is 14.4. The van der Waals surface area contributed by atoms with Gasteiger partial charge in [0.05, 0.1) is 13.2 Å². The van der Waals surface area contributed by atoms with Crippen molar-refractivity contribution in [3.05, 3.63) is 0 Å². The summed E-state index contributed by atoms with van der Waals surface area (Å²) in [6.45, 7) is 4.82. The Hall–Kier alpha value is -0.650. The van der Waals surface area contributed by atoms with Crippen LogP contribution in [0.15, 0.2) is 0 Å². The Morgan fingerprint density at radius 3 is 3.06 bits per heavy atom. The van der Waals surface area contributed by atoms with E-state index in [1.165, 1.54) is 19.4 Å². The highest BCUT2D eigenvalue weighted by atomic mass is 16.5. The van der Waals surface area contributed by atoms with Crippen LogP contribution < -0.4 is 10.6 Å². The van der Waals surface area contributed by atoms with E-state index in [0.717, 1.165) is 19.6 Å². The van der Waals surface area contributed by atoms with Gasteiger partial charge < -0.3 is 20.3 Å². The van der Waals surface area contributed by atoms with E-state index in [2.05, 4.69) is 22.6 Å². The highest BCUT2D eigenvalue weighted by molar-refractivity contribution is 5.77. The van der Waals surface area contributed by atoms with E-state index in [0.29, 0.717) is 19.1 Å². The third kappa shape index (κ3) is 6.61. The molecule has 17 heavy (non-hydrogen) atoms. The number of hydrogen-bond donors (Lipinski definition) is 2. The first-order chi connectivity index (χ1) is 8.22. The van der Waals surface area contributed by atoms with Crippen molar-refractivity contribution in [1.29, 1.82) is 0 Å². The van der Waals surface area contributed by atoms with Crippen LogP contribution in [0.3, 0.4) is 0 Å². The van der Waals surface area contributed by atoms with E-state index >= 15 is 0 Å². The lowest BCUT2D eigenvalue weighted by molar-refractivity contribution is -0.120. The number of carbonyl (C=O) groups excluding carboxylic acids is 1. The SMILES string of the molecule is COCCNCC(=O)NCC1CCCN(C)C1. The molecule has 1 rings (SSSR count). The molecular formula is C12H25N3O2. The molecule has 1 heterocycles. The lowest BCUT2D eigenvalue weighted by atomic mass is 9.98. The Bertz CT molecular complexity index is 224. The zero-order chi connectivity index (χ0) is 12.5. The first-order valence-electron chi connectivity index (χ1n) is 6.37. The normalized spacial score (nSPS) is 21.4. The molecule has 1 amide bonds. The Balaban J connectivity index is 2.02. The minimum Gasteiger partial charge on any atom is -0.383 e. The maximum atomic E-state index is 11.5. The van der Waals surface area contributed by atoms with E-state index < -0.39 is 0 Å². The van der Waals surface area contributed by atoms with Crippen LogP contribution in [0.1, 0.15) is 12.8 Å². The molecule has 1 unspecified atom stereocenters. The Kier molecular flexibility index (Phi) is 7.16. The van der Waals surface area contributed by atoms with Gasteiger partial charge in [0.1, 0.15) is 0 Å². The predicted octanol–water partition coefficient (Wildman–Crippen LogP) is -0.320. The minimum absolute atomic E-state index is 0.0781. The van der Waals surface area contributed by atoms with E-state index in [1.54, 1.807) is 7.11 Å². The van der Waals surface area contributed by atoms with E-state index in [1.807, 2.05) is 0 Å². The van der Waals surface area contributed by atoms with Crippen LogP contribution in [-0.4, -0.2) is 64.3 Å². The fourth-order valence-corrected chi connectivity index (χ4v) is 2.14. The summed E-state index contributed by atoms with van der Waals surface area (Å²) in [6, 6.07) is 0. The van der Waals surface area contributed by atoms with Gasteiger partial charge in [0.2, 0.25) is 5.91 Å². The van der Waals surface area contributed by atoms with Crippen molar-refractivity contribution in [3.63, 3.8) is 0 Å². The molecular weight excluding hydrogens is 218 g/mol. The largest absolute Gasteiger partial charge is 0.383 e. The predicted molar refractivity (Wildman–Crippen MR) is 68.0 cm³/mol. The van der Waals surface area contributed by atoms with Crippen molar-refractivity contribution in [2.75, 3.05) is 53.5 Å². The van der Waals surface area contributed by atoms with Crippen LogP contribution >= 0.6 is 0 Å².